The van der Waals surface area contributed by atoms with E-state index in [2.05, 4.69) is 0 Å². The molecule has 1 atom stereocenters. The molecule has 6 aromatic carbocycles. The molecule has 2 N–H and O–H groups in total. The van der Waals surface area contributed by atoms with Gasteiger partial charge in [-0.05, 0) is 69.8 Å². The SMILES string of the molecule is O=C(O)c1ccc(C(O)(c2ccc(Cl)cc2)c2ccc3c(c2)c(N2CCN(S(=O)(=O)C(F)(F)F)CC2)nn3C(c2ccccc2)(c2ccccc2)c2ccccc2)cc1. The molecule has 59 heavy (non-hydrogen) atoms. The van der Waals surface area contributed by atoms with E-state index in [0.29, 0.717) is 42.7 Å². The number of anilines is 1. The Labute approximate surface area is 343 Å². The average Bonchev–Trinajstić information content (AvgIpc) is 3.64. The Morgan fingerprint density at radius 2 is 1.08 bits per heavy atom. The van der Waals surface area contributed by atoms with E-state index >= 15 is 0 Å². The van der Waals surface area contributed by atoms with Crippen molar-refractivity contribution in [1.29, 1.82) is 0 Å². The lowest BCUT2D eigenvalue weighted by Crippen LogP contribution is -2.52. The van der Waals surface area contributed by atoms with Gasteiger partial charge in [0.15, 0.2) is 5.82 Å². The number of aromatic nitrogens is 2. The van der Waals surface area contributed by atoms with Gasteiger partial charge in [0.2, 0.25) is 0 Å². The predicted molar refractivity (Wildman–Crippen MR) is 220 cm³/mol. The second-order valence-electron chi connectivity index (χ2n) is 14.2. The minimum Gasteiger partial charge on any atom is -0.478 e. The number of alkyl halides is 3. The Morgan fingerprint density at radius 3 is 1.54 bits per heavy atom. The molecule has 9 nitrogen and oxygen atoms in total. The molecule has 2 heterocycles. The molecule has 0 amide bonds. The highest BCUT2D eigenvalue weighted by atomic mass is 35.5. The van der Waals surface area contributed by atoms with Crippen molar-refractivity contribution in [3.05, 3.63) is 202 Å². The van der Waals surface area contributed by atoms with Gasteiger partial charge in [-0.25, -0.2) is 17.9 Å². The van der Waals surface area contributed by atoms with Crippen LogP contribution < -0.4 is 4.90 Å². The third kappa shape index (κ3) is 6.83. The van der Waals surface area contributed by atoms with Crippen molar-refractivity contribution in [2.24, 2.45) is 0 Å². The largest absolute Gasteiger partial charge is 0.511 e. The molecular formula is C45H36ClF3N4O5S. The fraction of sp³-hybridized carbons (Fsp3) is 0.156. The van der Waals surface area contributed by atoms with E-state index in [0.717, 1.165) is 16.7 Å². The highest BCUT2D eigenvalue weighted by Crippen LogP contribution is 2.46. The van der Waals surface area contributed by atoms with Crippen LogP contribution in [0.15, 0.2) is 158 Å². The van der Waals surface area contributed by atoms with Gasteiger partial charge >= 0.3 is 21.5 Å². The van der Waals surface area contributed by atoms with Gasteiger partial charge in [-0.2, -0.15) is 22.6 Å². The monoisotopic (exact) mass is 836 g/mol. The molecule has 0 spiro atoms. The first-order valence-electron chi connectivity index (χ1n) is 18.6. The van der Waals surface area contributed by atoms with Crippen molar-refractivity contribution in [3.63, 3.8) is 0 Å². The van der Waals surface area contributed by atoms with Crippen LogP contribution in [0.4, 0.5) is 19.0 Å². The Kier molecular flexibility index (Phi) is 10.3. The standard InChI is InChI=1S/C45H36ClF3N4O5S/c46-38-23-20-36(21-24-38)44(56,35-18-16-31(17-19-35)42(54)55)37-22-25-40-39(30-37)41(51-26-28-52(29-27-51)59(57,58)45(47,48)49)50-53(40)43(32-10-4-1-5-11-32,33-12-6-2-7-13-33)34-14-8-3-9-15-34/h1-25,30,56H,26-29H2,(H,54,55). The number of hydrogen-bond acceptors (Lipinski definition) is 6. The van der Waals surface area contributed by atoms with Gasteiger partial charge < -0.3 is 15.1 Å². The topological polar surface area (TPSA) is 116 Å². The van der Waals surface area contributed by atoms with Crippen LogP contribution in [0.3, 0.4) is 0 Å². The number of carbonyl (C=O) groups is 1. The maximum atomic E-state index is 13.7. The number of nitrogens with zero attached hydrogens (tertiary/aromatic N) is 4. The maximum Gasteiger partial charge on any atom is 0.511 e. The van der Waals surface area contributed by atoms with Gasteiger partial charge in [0.25, 0.3) is 0 Å². The third-order valence-electron chi connectivity index (χ3n) is 11.0. The number of carboxylic acid groups (broad SMARTS) is 1. The maximum absolute atomic E-state index is 13.7. The van der Waals surface area contributed by atoms with Crippen LogP contribution in [0, 0.1) is 0 Å². The molecule has 1 aliphatic rings. The Balaban J connectivity index is 1.41. The molecule has 300 valence electrons. The lowest BCUT2D eigenvalue weighted by atomic mass is 9.76. The summed E-state index contributed by atoms with van der Waals surface area (Å²) in [7, 11) is -5.57. The second kappa shape index (κ2) is 15.3. The number of halogens is 4. The van der Waals surface area contributed by atoms with Crippen molar-refractivity contribution >= 4 is 44.3 Å². The van der Waals surface area contributed by atoms with Crippen LogP contribution in [0.1, 0.15) is 43.7 Å². The summed E-state index contributed by atoms with van der Waals surface area (Å²) in [5.41, 5.74) is -4.09. The van der Waals surface area contributed by atoms with Crippen molar-refractivity contribution in [2.45, 2.75) is 16.6 Å². The number of aliphatic hydroxyl groups is 1. The van der Waals surface area contributed by atoms with Gasteiger partial charge in [-0.15, -0.1) is 0 Å². The summed E-state index contributed by atoms with van der Waals surface area (Å²) in [5.74, 6) is -0.773. The third-order valence-corrected chi connectivity index (χ3v) is 12.8. The first-order valence-corrected chi connectivity index (χ1v) is 20.4. The zero-order chi connectivity index (χ0) is 41.6. The molecule has 14 heteroatoms. The molecule has 1 aromatic heterocycles. The number of sulfonamides is 1. The summed E-state index contributed by atoms with van der Waals surface area (Å²) < 4.78 is 68.3. The lowest BCUT2D eigenvalue weighted by molar-refractivity contribution is -0.0490. The summed E-state index contributed by atoms with van der Waals surface area (Å²) in [6, 6.07) is 47.3. The lowest BCUT2D eigenvalue weighted by Gasteiger charge is -2.37. The van der Waals surface area contributed by atoms with Crippen LogP contribution in [-0.4, -0.2) is 70.4 Å². The Hall–Kier alpha value is -5.99. The zero-order valence-corrected chi connectivity index (χ0v) is 32.7. The highest BCUT2D eigenvalue weighted by Gasteiger charge is 2.51. The van der Waals surface area contributed by atoms with E-state index in [1.807, 2.05) is 102 Å². The van der Waals surface area contributed by atoms with Crippen molar-refractivity contribution < 1.29 is 36.6 Å². The normalized spacial score (nSPS) is 15.2. The fourth-order valence-corrected chi connectivity index (χ4v) is 9.12. The molecule has 1 unspecified atom stereocenters. The van der Waals surface area contributed by atoms with E-state index in [1.165, 1.54) is 24.3 Å². The smallest absolute Gasteiger partial charge is 0.478 e. The van der Waals surface area contributed by atoms with E-state index in [1.54, 1.807) is 41.3 Å². The van der Waals surface area contributed by atoms with Gasteiger partial charge in [-0.1, -0.05) is 133 Å². The molecule has 1 fully saturated rings. The predicted octanol–water partition coefficient (Wildman–Crippen LogP) is 8.48. The minimum atomic E-state index is -5.57. The van der Waals surface area contributed by atoms with Crippen molar-refractivity contribution in [1.82, 2.24) is 14.1 Å². The summed E-state index contributed by atoms with van der Waals surface area (Å²) in [6.07, 6.45) is 0. The summed E-state index contributed by atoms with van der Waals surface area (Å²) in [5, 5.41) is 29.0. The fourth-order valence-electron chi connectivity index (χ4n) is 8.05. The van der Waals surface area contributed by atoms with E-state index in [9.17, 15) is 36.6 Å². The molecule has 0 radical (unpaired) electrons. The highest BCUT2D eigenvalue weighted by molar-refractivity contribution is 7.90. The number of aromatic carboxylic acids is 1. The van der Waals surface area contributed by atoms with Crippen LogP contribution in [0.5, 0.6) is 0 Å². The molecule has 0 aliphatic carbocycles. The van der Waals surface area contributed by atoms with Gasteiger partial charge in [0.05, 0.1) is 11.1 Å². The van der Waals surface area contributed by atoms with E-state index in [4.69, 9.17) is 16.7 Å². The molecule has 1 saturated heterocycles. The molecular weight excluding hydrogens is 801 g/mol. The molecule has 7 aromatic rings. The molecule has 0 bridgehead atoms. The van der Waals surface area contributed by atoms with Crippen molar-refractivity contribution in [3.8, 4) is 0 Å². The van der Waals surface area contributed by atoms with Gasteiger partial charge in [-0.3, -0.25) is 0 Å². The summed E-state index contributed by atoms with van der Waals surface area (Å²) in [4.78, 5) is 13.6. The van der Waals surface area contributed by atoms with Gasteiger partial charge in [0.1, 0.15) is 11.1 Å². The van der Waals surface area contributed by atoms with E-state index in [-0.39, 0.29) is 18.7 Å². The number of piperazine rings is 1. The van der Waals surface area contributed by atoms with Crippen LogP contribution >= 0.6 is 11.6 Å². The first kappa shape index (κ1) is 39.8. The number of benzene rings is 6. The molecule has 8 rings (SSSR count). The van der Waals surface area contributed by atoms with Crippen LogP contribution in [-0.2, 0) is 21.2 Å². The first-order chi connectivity index (χ1) is 28.3. The average molecular weight is 837 g/mol. The summed E-state index contributed by atoms with van der Waals surface area (Å²) >= 11 is 6.29. The minimum absolute atomic E-state index is 0.0250. The van der Waals surface area contributed by atoms with E-state index < -0.39 is 45.7 Å². The second-order valence-corrected chi connectivity index (χ2v) is 16.6. The Bertz CT molecular complexity index is 2630. The summed E-state index contributed by atoms with van der Waals surface area (Å²) in [6.45, 7) is -1.11. The molecule has 1 aliphatic heterocycles. The zero-order valence-electron chi connectivity index (χ0n) is 31.2. The Morgan fingerprint density at radius 1 is 0.627 bits per heavy atom. The van der Waals surface area contributed by atoms with Gasteiger partial charge in [0, 0.05) is 36.6 Å². The molecule has 0 saturated carbocycles. The number of fused-ring (bicyclic) bond motifs is 1. The number of rotatable bonds is 10. The quantitative estimate of drug-likeness (QED) is 0.133. The number of carboxylic acids is 1. The van der Waals surface area contributed by atoms with Crippen molar-refractivity contribution in [2.75, 3.05) is 31.1 Å². The van der Waals surface area contributed by atoms with Crippen LogP contribution in [0.25, 0.3) is 10.9 Å². The van der Waals surface area contributed by atoms with Crippen LogP contribution in [0.2, 0.25) is 5.02 Å². The number of hydrogen-bond donors (Lipinski definition) is 2.